The molecule has 0 bridgehead atoms. The summed E-state index contributed by atoms with van der Waals surface area (Å²) in [5.41, 5.74) is 2.81. The van der Waals surface area contributed by atoms with Crippen molar-refractivity contribution in [3.05, 3.63) is 69.6 Å². The molecular weight excluding hydrogens is 448 g/mol. The minimum Gasteiger partial charge on any atom is -0.377 e. The summed E-state index contributed by atoms with van der Waals surface area (Å²) < 4.78 is 5.53. The number of aromatic nitrogens is 2. The number of hydrogen-bond acceptors (Lipinski definition) is 8. The van der Waals surface area contributed by atoms with Crippen LogP contribution >= 0.6 is 0 Å². The lowest BCUT2D eigenvalue weighted by molar-refractivity contribution is -0.384. The molecule has 3 aromatic rings. The smallest absolute Gasteiger partial charge is 0.293 e. The van der Waals surface area contributed by atoms with Gasteiger partial charge < -0.3 is 14.7 Å². The van der Waals surface area contributed by atoms with E-state index in [1.54, 1.807) is 17.0 Å². The van der Waals surface area contributed by atoms with E-state index >= 15 is 0 Å². The first-order chi connectivity index (χ1) is 16.9. The molecule has 182 valence electrons. The van der Waals surface area contributed by atoms with E-state index in [2.05, 4.69) is 20.4 Å². The summed E-state index contributed by atoms with van der Waals surface area (Å²) >= 11 is 0. The van der Waals surface area contributed by atoms with Gasteiger partial charge in [-0.15, -0.1) is 0 Å². The van der Waals surface area contributed by atoms with Crippen LogP contribution in [0.4, 0.5) is 11.4 Å². The monoisotopic (exact) mass is 476 g/mol. The Kier molecular flexibility index (Phi) is 6.21. The van der Waals surface area contributed by atoms with E-state index in [4.69, 9.17) is 4.52 Å². The summed E-state index contributed by atoms with van der Waals surface area (Å²) in [6, 6.07) is 12.9. The number of hydrogen-bond donors (Lipinski definition) is 1. The SMILES string of the molecule is Cc1ccc(-c2noc(C(C)N3CCN(C(=O)c4ccc(NC5CC5)c([N+](=O)[O-])c4)CC3)n2)cc1. The maximum Gasteiger partial charge on any atom is 0.293 e. The third kappa shape index (κ3) is 5.02. The summed E-state index contributed by atoms with van der Waals surface area (Å²) in [5, 5.41) is 18.8. The van der Waals surface area contributed by atoms with Crippen molar-refractivity contribution >= 4 is 17.3 Å². The van der Waals surface area contributed by atoms with Crippen LogP contribution in [0.2, 0.25) is 0 Å². The number of nitrogens with zero attached hydrogens (tertiary/aromatic N) is 5. The van der Waals surface area contributed by atoms with E-state index in [1.807, 2.05) is 38.1 Å². The number of rotatable bonds is 7. The fraction of sp³-hybridized carbons (Fsp3) is 0.400. The molecule has 2 fully saturated rings. The molecule has 1 unspecified atom stereocenters. The van der Waals surface area contributed by atoms with Gasteiger partial charge in [0.05, 0.1) is 11.0 Å². The van der Waals surface area contributed by atoms with Crippen LogP contribution in [-0.4, -0.2) is 63.0 Å². The Morgan fingerprint density at radius 1 is 1.14 bits per heavy atom. The van der Waals surface area contributed by atoms with Crippen molar-refractivity contribution in [1.82, 2.24) is 19.9 Å². The van der Waals surface area contributed by atoms with Gasteiger partial charge in [0.1, 0.15) is 5.69 Å². The molecule has 5 rings (SSSR count). The average Bonchev–Trinajstić information content (AvgIpc) is 3.55. The van der Waals surface area contributed by atoms with E-state index in [9.17, 15) is 14.9 Å². The molecule has 1 N–H and O–H groups in total. The lowest BCUT2D eigenvalue weighted by Crippen LogP contribution is -2.49. The first kappa shape index (κ1) is 23.0. The molecule has 0 spiro atoms. The molecule has 2 heterocycles. The second-order valence-corrected chi connectivity index (χ2v) is 9.23. The number of carbonyl (C=O) groups excluding carboxylic acids is 1. The Morgan fingerprint density at radius 2 is 1.86 bits per heavy atom. The minimum absolute atomic E-state index is 0.0595. The standard InChI is InChI=1S/C25H28N6O4/c1-16-3-5-18(6-4-16)23-27-24(35-28-23)17(2)29-11-13-30(14-12-29)25(32)19-7-10-21(26-20-8-9-20)22(15-19)31(33)34/h3-7,10,15,17,20,26H,8-9,11-14H2,1-2H3. The number of anilines is 1. The lowest BCUT2D eigenvalue weighted by atomic mass is 10.1. The molecule has 1 saturated heterocycles. The van der Waals surface area contributed by atoms with Crippen LogP contribution < -0.4 is 5.32 Å². The predicted octanol–water partition coefficient (Wildman–Crippen LogP) is 4.05. The van der Waals surface area contributed by atoms with E-state index < -0.39 is 4.92 Å². The zero-order chi connectivity index (χ0) is 24.5. The van der Waals surface area contributed by atoms with Gasteiger partial charge in [0.15, 0.2) is 0 Å². The molecule has 1 aromatic heterocycles. The van der Waals surface area contributed by atoms with Crippen molar-refractivity contribution in [2.75, 3.05) is 31.5 Å². The Hall–Kier alpha value is -3.79. The summed E-state index contributed by atoms with van der Waals surface area (Å²) in [6.45, 7) is 6.34. The minimum atomic E-state index is -0.434. The van der Waals surface area contributed by atoms with Gasteiger partial charge in [0.2, 0.25) is 11.7 Å². The Balaban J connectivity index is 1.21. The zero-order valence-corrected chi connectivity index (χ0v) is 19.8. The van der Waals surface area contributed by atoms with Crippen molar-refractivity contribution in [3.63, 3.8) is 0 Å². The largest absolute Gasteiger partial charge is 0.377 e. The van der Waals surface area contributed by atoms with Crippen molar-refractivity contribution < 1.29 is 14.2 Å². The van der Waals surface area contributed by atoms with Gasteiger partial charge in [0, 0.05) is 49.4 Å². The van der Waals surface area contributed by atoms with Gasteiger partial charge in [-0.25, -0.2) is 0 Å². The predicted molar refractivity (Wildman–Crippen MR) is 130 cm³/mol. The summed E-state index contributed by atoms with van der Waals surface area (Å²) in [5.74, 6) is 0.898. The molecule has 10 heteroatoms. The highest BCUT2D eigenvalue weighted by atomic mass is 16.6. The number of benzene rings is 2. The Bertz CT molecular complexity index is 1230. The normalized spacial score (nSPS) is 17.3. The van der Waals surface area contributed by atoms with Crippen LogP contribution in [-0.2, 0) is 0 Å². The zero-order valence-electron chi connectivity index (χ0n) is 19.8. The summed E-state index contributed by atoms with van der Waals surface area (Å²) in [6.07, 6.45) is 2.02. The molecule has 1 atom stereocenters. The molecule has 1 saturated carbocycles. The van der Waals surface area contributed by atoms with E-state index in [-0.39, 0.29) is 23.7 Å². The van der Waals surface area contributed by atoms with E-state index in [0.29, 0.717) is 49.1 Å². The molecular formula is C25H28N6O4. The highest BCUT2D eigenvalue weighted by Crippen LogP contribution is 2.32. The quantitative estimate of drug-likeness (QED) is 0.401. The molecule has 0 radical (unpaired) electrons. The highest BCUT2D eigenvalue weighted by molar-refractivity contribution is 5.95. The molecule has 1 aliphatic carbocycles. The lowest BCUT2D eigenvalue weighted by Gasteiger charge is -2.36. The number of piperazine rings is 1. The van der Waals surface area contributed by atoms with Gasteiger partial charge in [-0.1, -0.05) is 35.0 Å². The molecule has 10 nitrogen and oxygen atoms in total. The molecule has 1 amide bonds. The fourth-order valence-electron chi connectivity index (χ4n) is 4.26. The molecule has 2 aliphatic rings. The van der Waals surface area contributed by atoms with Gasteiger partial charge in [-0.05, 0) is 38.8 Å². The van der Waals surface area contributed by atoms with E-state index in [1.165, 1.54) is 11.6 Å². The van der Waals surface area contributed by atoms with Crippen LogP contribution in [0.15, 0.2) is 47.0 Å². The number of aryl methyl sites for hydroxylation is 1. The topological polar surface area (TPSA) is 118 Å². The van der Waals surface area contributed by atoms with Crippen molar-refractivity contribution in [2.24, 2.45) is 0 Å². The maximum absolute atomic E-state index is 13.1. The van der Waals surface area contributed by atoms with Crippen LogP contribution in [0.1, 0.15) is 47.6 Å². The van der Waals surface area contributed by atoms with Gasteiger partial charge in [0.25, 0.3) is 11.6 Å². The second kappa shape index (κ2) is 9.46. The van der Waals surface area contributed by atoms with Crippen LogP contribution in [0.25, 0.3) is 11.4 Å². The maximum atomic E-state index is 13.1. The molecule has 2 aromatic carbocycles. The fourth-order valence-corrected chi connectivity index (χ4v) is 4.26. The second-order valence-electron chi connectivity index (χ2n) is 9.23. The van der Waals surface area contributed by atoms with Crippen molar-refractivity contribution in [1.29, 1.82) is 0 Å². The third-order valence-corrected chi connectivity index (χ3v) is 6.64. The van der Waals surface area contributed by atoms with Gasteiger partial charge >= 0.3 is 0 Å². The van der Waals surface area contributed by atoms with Gasteiger partial charge in [-0.2, -0.15) is 4.98 Å². The number of nitro groups is 1. The van der Waals surface area contributed by atoms with Crippen molar-refractivity contribution in [3.8, 4) is 11.4 Å². The van der Waals surface area contributed by atoms with Crippen molar-refractivity contribution in [2.45, 2.75) is 38.8 Å². The number of nitrogens with one attached hydrogen (secondary N) is 1. The molecule has 35 heavy (non-hydrogen) atoms. The number of nitro benzene ring substituents is 1. The highest BCUT2D eigenvalue weighted by Gasteiger charge is 2.30. The van der Waals surface area contributed by atoms with Crippen LogP contribution in [0.3, 0.4) is 0 Å². The first-order valence-corrected chi connectivity index (χ1v) is 11.9. The van der Waals surface area contributed by atoms with Gasteiger partial charge in [-0.3, -0.25) is 19.8 Å². The van der Waals surface area contributed by atoms with E-state index in [0.717, 1.165) is 18.4 Å². The van der Waals surface area contributed by atoms with Crippen LogP contribution in [0, 0.1) is 17.0 Å². The molecule has 1 aliphatic heterocycles. The Morgan fingerprint density at radius 3 is 2.51 bits per heavy atom. The first-order valence-electron chi connectivity index (χ1n) is 11.9. The van der Waals surface area contributed by atoms with Crippen LogP contribution in [0.5, 0.6) is 0 Å². The summed E-state index contributed by atoms with van der Waals surface area (Å²) in [7, 11) is 0. The Labute approximate surface area is 203 Å². The summed E-state index contributed by atoms with van der Waals surface area (Å²) in [4.78, 5) is 32.7. The number of amides is 1. The number of carbonyl (C=O) groups is 1. The average molecular weight is 477 g/mol. The third-order valence-electron chi connectivity index (χ3n) is 6.64.